The largest absolute Gasteiger partial charge is 0.389 e. The minimum atomic E-state index is -0.613. The van der Waals surface area contributed by atoms with Gasteiger partial charge in [0, 0.05) is 26.1 Å². The molecule has 0 aromatic carbocycles. The summed E-state index contributed by atoms with van der Waals surface area (Å²) in [6.45, 7) is 8.42. The molecular formula is C15H28N2O2. The molecule has 2 aliphatic rings. The van der Waals surface area contributed by atoms with Crippen LogP contribution in [-0.4, -0.2) is 59.1 Å². The second-order valence-corrected chi connectivity index (χ2v) is 6.82. The summed E-state index contributed by atoms with van der Waals surface area (Å²) >= 11 is 0. The summed E-state index contributed by atoms with van der Waals surface area (Å²) in [7, 11) is 0. The van der Waals surface area contributed by atoms with Gasteiger partial charge in [-0.2, -0.15) is 0 Å². The number of aliphatic hydroxyl groups is 1. The highest BCUT2D eigenvalue weighted by atomic mass is 16.3. The average molecular weight is 268 g/mol. The molecule has 0 aromatic heterocycles. The number of carbonyl (C=O) groups is 1. The average Bonchev–Trinajstić information content (AvgIpc) is 2.83. The Kier molecular flexibility index (Phi) is 4.85. The van der Waals surface area contributed by atoms with Crippen LogP contribution in [0, 0.1) is 5.92 Å². The number of carbonyl (C=O) groups excluding carboxylic acids is 1. The molecule has 1 amide bonds. The first kappa shape index (κ1) is 14.8. The number of hydrogen-bond donors (Lipinski definition) is 1. The van der Waals surface area contributed by atoms with E-state index in [9.17, 15) is 9.90 Å². The Morgan fingerprint density at radius 3 is 2.26 bits per heavy atom. The van der Waals surface area contributed by atoms with Crippen LogP contribution in [0.2, 0.25) is 0 Å². The van der Waals surface area contributed by atoms with Crippen molar-refractivity contribution >= 4 is 5.91 Å². The maximum Gasteiger partial charge on any atom is 0.222 e. The molecule has 2 fully saturated rings. The third-order valence-corrected chi connectivity index (χ3v) is 4.24. The van der Waals surface area contributed by atoms with Crippen molar-refractivity contribution in [2.45, 2.75) is 51.6 Å². The molecule has 0 spiro atoms. The molecule has 4 nitrogen and oxygen atoms in total. The van der Waals surface area contributed by atoms with E-state index in [2.05, 4.69) is 4.90 Å². The van der Waals surface area contributed by atoms with Crippen molar-refractivity contribution in [2.24, 2.45) is 5.92 Å². The third kappa shape index (κ3) is 4.77. The molecule has 0 atom stereocenters. The highest BCUT2D eigenvalue weighted by molar-refractivity contribution is 5.76. The number of hydrogen-bond acceptors (Lipinski definition) is 3. The van der Waals surface area contributed by atoms with E-state index in [1.807, 2.05) is 18.7 Å². The summed E-state index contributed by atoms with van der Waals surface area (Å²) in [4.78, 5) is 16.4. The normalized spacial score (nSPS) is 23.0. The molecule has 4 heteroatoms. The fraction of sp³-hybridized carbons (Fsp3) is 0.933. The van der Waals surface area contributed by atoms with Crippen LogP contribution in [0.25, 0.3) is 0 Å². The maximum absolute atomic E-state index is 12.1. The lowest BCUT2D eigenvalue weighted by atomic mass is 9.92. The predicted octanol–water partition coefficient (Wildman–Crippen LogP) is 1.48. The van der Waals surface area contributed by atoms with Gasteiger partial charge in [-0.1, -0.05) is 0 Å². The van der Waals surface area contributed by atoms with Crippen LogP contribution in [0.1, 0.15) is 46.0 Å². The summed E-state index contributed by atoms with van der Waals surface area (Å²) in [6.07, 6.45) is 5.27. The summed E-state index contributed by atoms with van der Waals surface area (Å²) < 4.78 is 0. The van der Waals surface area contributed by atoms with E-state index in [0.717, 1.165) is 52.0 Å². The molecule has 2 saturated heterocycles. The SMILES string of the molecule is CC(C)(O)CN1CCC(CC(=O)N2CCCC2)CC1. The van der Waals surface area contributed by atoms with Crippen LogP contribution in [0.4, 0.5) is 0 Å². The van der Waals surface area contributed by atoms with E-state index in [1.54, 1.807) is 0 Å². The van der Waals surface area contributed by atoms with Gasteiger partial charge in [0.25, 0.3) is 0 Å². The van der Waals surface area contributed by atoms with Gasteiger partial charge in [0.15, 0.2) is 0 Å². The molecule has 0 radical (unpaired) electrons. The smallest absolute Gasteiger partial charge is 0.222 e. The molecule has 110 valence electrons. The van der Waals surface area contributed by atoms with Crippen LogP contribution < -0.4 is 0 Å². The number of nitrogens with zero attached hydrogens (tertiary/aromatic N) is 2. The lowest BCUT2D eigenvalue weighted by Crippen LogP contribution is -2.43. The van der Waals surface area contributed by atoms with Crippen LogP contribution in [0.3, 0.4) is 0 Å². The summed E-state index contributed by atoms with van der Waals surface area (Å²) in [6, 6.07) is 0. The number of piperidine rings is 1. The van der Waals surface area contributed by atoms with Crippen molar-refractivity contribution in [3.63, 3.8) is 0 Å². The molecule has 0 aliphatic carbocycles. The molecule has 0 aromatic rings. The van der Waals surface area contributed by atoms with Crippen molar-refractivity contribution in [3.8, 4) is 0 Å². The van der Waals surface area contributed by atoms with E-state index >= 15 is 0 Å². The molecule has 19 heavy (non-hydrogen) atoms. The highest BCUT2D eigenvalue weighted by Gasteiger charge is 2.27. The van der Waals surface area contributed by atoms with Gasteiger partial charge >= 0.3 is 0 Å². The van der Waals surface area contributed by atoms with Crippen molar-refractivity contribution in [1.29, 1.82) is 0 Å². The summed E-state index contributed by atoms with van der Waals surface area (Å²) in [5.41, 5.74) is -0.613. The predicted molar refractivity (Wildman–Crippen MR) is 75.9 cm³/mol. The van der Waals surface area contributed by atoms with Gasteiger partial charge in [-0.15, -0.1) is 0 Å². The zero-order valence-electron chi connectivity index (χ0n) is 12.4. The Morgan fingerprint density at radius 2 is 1.74 bits per heavy atom. The lowest BCUT2D eigenvalue weighted by molar-refractivity contribution is -0.131. The minimum Gasteiger partial charge on any atom is -0.389 e. The van der Waals surface area contributed by atoms with Gasteiger partial charge in [-0.3, -0.25) is 4.79 Å². The van der Waals surface area contributed by atoms with Gasteiger partial charge < -0.3 is 14.9 Å². The molecule has 0 bridgehead atoms. The number of likely N-dealkylation sites (tertiary alicyclic amines) is 2. The lowest BCUT2D eigenvalue weighted by Gasteiger charge is -2.35. The molecule has 2 heterocycles. The Morgan fingerprint density at radius 1 is 1.16 bits per heavy atom. The minimum absolute atomic E-state index is 0.360. The summed E-state index contributed by atoms with van der Waals surface area (Å²) in [5, 5.41) is 9.82. The highest BCUT2D eigenvalue weighted by Crippen LogP contribution is 2.23. The van der Waals surface area contributed by atoms with E-state index in [4.69, 9.17) is 0 Å². The van der Waals surface area contributed by atoms with Crippen molar-refractivity contribution in [2.75, 3.05) is 32.7 Å². The molecule has 2 rings (SSSR count). The van der Waals surface area contributed by atoms with Crippen LogP contribution in [0.15, 0.2) is 0 Å². The molecule has 0 saturated carbocycles. The monoisotopic (exact) mass is 268 g/mol. The first-order valence-electron chi connectivity index (χ1n) is 7.66. The van der Waals surface area contributed by atoms with Gasteiger partial charge in [-0.05, 0) is 58.5 Å². The fourth-order valence-electron chi connectivity index (χ4n) is 3.24. The summed E-state index contributed by atoms with van der Waals surface area (Å²) in [5.74, 6) is 0.907. The third-order valence-electron chi connectivity index (χ3n) is 4.24. The van der Waals surface area contributed by atoms with Gasteiger partial charge in [0.05, 0.1) is 5.60 Å². The number of β-amino-alcohol motifs (C(OH)–C–C–N with tert-alkyl or cyclic N) is 1. The van der Waals surface area contributed by atoms with Crippen molar-refractivity contribution in [3.05, 3.63) is 0 Å². The van der Waals surface area contributed by atoms with E-state index in [1.165, 1.54) is 12.8 Å². The molecular weight excluding hydrogens is 240 g/mol. The van der Waals surface area contributed by atoms with Crippen molar-refractivity contribution < 1.29 is 9.90 Å². The van der Waals surface area contributed by atoms with Gasteiger partial charge in [0.2, 0.25) is 5.91 Å². The Balaban J connectivity index is 1.69. The van der Waals surface area contributed by atoms with Crippen LogP contribution in [-0.2, 0) is 4.79 Å². The van der Waals surface area contributed by atoms with E-state index in [-0.39, 0.29) is 0 Å². The van der Waals surface area contributed by atoms with Gasteiger partial charge in [-0.25, -0.2) is 0 Å². The first-order valence-corrected chi connectivity index (χ1v) is 7.66. The second-order valence-electron chi connectivity index (χ2n) is 6.82. The number of rotatable bonds is 4. The zero-order valence-corrected chi connectivity index (χ0v) is 12.4. The fourth-order valence-corrected chi connectivity index (χ4v) is 3.24. The first-order chi connectivity index (χ1) is 8.94. The quantitative estimate of drug-likeness (QED) is 0.840. The Hall–Kier alpha value is -0.610. The van der Waals surface area contributed by atoms with E-state index in [0.29, 0.717) is 11.8 Å². The van der Waals surface area contributed by atoms with Crippen LogP contribution >= 0.6 is 0 Å². The topological polar surface area (TPSA) is 43.8 Å². The standard InChI is InChI=1S/C15H28N2O2/c1-15(2,19)12-16-9-5-13(6-10-16)11-14(18)17-7-3-4-8-17/h13,19H,3-12H2,1-2H3. The Bertz CT molecular complexity index is 298. The van der Waals surface area contributed by atoms with Crippen LogP contribution in [0.5, 0.6) is 0 Å². The second kappa shape index (κ2) is 6.23. The van der Waals surface area contributed by atoms with Crippen molar-refractivity contribution in [1.82, 2.24) is 9.80 Å². The zero-order chi connectivity index (χ0) is 13.9. The molecule has 0 unspecified atom stereocenters. The number of amides is 1. The maximum atomic E-state index is 12.1. The Labute approximate surface area is 116 Å². The molecule has 2 aliphatic heterocycles. The van der Waals surface area contributed by atoms with E-state index < -0.39 is 5.60 Å². The molecule has 1 N–H and O–H groups in total. The van der Waals surface area contributed by atoms with Gasteiger partial charge in [0.1, 0.15) is 0 Å².